The van der Waals surface area contributed by atoms with Crippen LogP contribution in [-0.4, -0.2) is 18.0 Å². The fourth-order valence-electron chi connectivity index (χ4n) is 2.07. The normalized spacial score (nSPS) is 15.2. The van der Waals surface area contributed by atoms with E-state index in [1.807, 2.05) is 13.0 Å². The van der Waals surface area contributed by atoms with Gasteiger partial charge in [-0.1, -0.05) is 5.92 Å². The molecule has 0 aromatic carbocycles. The van der Waals surface area contributed by atoms with Crippen molar-refractivity contribution in [2.24, 2.45) is 11.7 Å². The van der Waals surface area contributed by atoms with Crippen LogP contribution in [0.1, 0.15) is 29.9 Å². The van der Waals surface area contributed by atoms with Gasteiger partial charge in [-0.3, -0.25) is 4.90 Å². The lowest BCUT2D eigenvalue weighted by atomic mass is 10.2. The lowest BCUT2D eigenvalue weighted by Gasteiger charge is -2.17. The number of nitrogens with zero attached hydrogens (tertiary/aromatic N) is 1. The van der Waals surface area contributed by atoms with Crippen LogP contribution in [0.4, 0.5) is 0 Å². The molecule has 2 N–H and O–H groups in total. The summed E-state index contributed by atoms with van der Waals surface area (Å²) in [5.74, 6) is 5.45. The molecule has 0 saturated heterocycles. The highest BCUT2D eigenvalue weighted by Crippen LogP contribution is 2.30. The molecule has 0 atom stereocenters. The molecule has 1 aliphatic rings. The van der Waals surface area contributed by atoms with Crippen LogP contribution in [0.25, 0.3) is 0 Å². The molecule has 1 aliphatic carbocycles. The molecule has 0 spiro atoms. The standard InChI is InChI=1S/C14H20N2O/c1-3-6-16(9-12-4-5-12)10-14-7-13(8-15)11(2)17-14/h1,7,12H,4-6,8-10,15H2,2H3. The largest absolute Gasteiger partial charge is 0.465 e. The van der Waals surface area contributed by atoms with Crippen molar-refractivity contribution in [3.05, 3.63) is 23.2 Å². The molecule has 1 aromatic heterocycles. The first-order valence-electron chi connectivity index (χ1n) is 6.17. The van der Waals surface area contributed by atoms with Gasteiger partial charge in [0.15, 0.2) is 0 Å². The second kappa shape index (κ2) is 5.39. The summed E-state index contributed by atoms with van der Waals surface area (Å²) in [5, 5.41) is 0. The van der Waals surface area contributed by atoms with Crippen LogP contribution in [0.5, 0.6) is 0 Å². The molecule has 3 nitrogen and oxygen atoms in total. The Labute approximate surface area is 103 Å². The summed E-state index contributed by atoms with van der Waals surface area (Å²) < 4.78 is 5.69. The summed E-state index contributed by atoms with van der Waals surface area (Å²) >= 11 is 0. The van der Waals surface area contributed by atoms with Gasteiger partial charge in [0.2, 0.25) is 0 Å². The van der Waals surface area contributed by atoms with Gasteiger partial charge in [-0.05, 0) is 31.7 Å². The number of nitrogens with two attached hydrogens (primary N) is 1. The Bertz CT molecular complexity index is 412. The molecular weight excluding hydrogens is 212 g/mol. The smallest absolute Gasteiger partial charge is 0.118 e. The van der Waals surface area contributed by atoms with Gasteiger partial charge in [0.1, 0.15) is 11.5 Å². The highest BCUT2D eigenvalue weighted by atomic mass is 16.3. The quantitative estimate of drug-likeness (QED) is 0.762. The molecule has 0 bridgehead atoms. The summed E-state index contributed by atoms with van der Waals surface area (Å²) in [7, 11) is 0. The van der Waals surface area contributed by atoms with Gasteiger partial charge in [-0.15, -0.1) is 6.42 Å². The van der Waals surface area contributed by atoms with Gasteiger partial charge in [0, 0.05) is 18.7 Å². The van der Waals surface area contributed by atoms with E-state index in [0.29, 0.717) is 13.1 Å². The summed E-state index contributed by atoms with van der Waals surface area (Å²) in [6, 6.07) is 2.05. The molecule has 3 heteroatoms. The van der Waals surface area contributed by atoms with E-state index in [-0.39, 0.29) is 0 Å². The van der Waals surface area contributed by atoms with Crippen molar-refractivity contribution < 1.29 is 4.42 Å². The van der Waals surface area contributed by atoms with Crippen LogP contribution < -0.4 is 5.73 Å². The predicted octanol–water partition coefficient (Wildman–Crippen LogP) is 1.89. The first-order valence-corrected chi connectivity index (χ1v) is 6.17. The van der Waals surface area contributed by atoms with Gasteiger partial charge in [0.25, 0.3) is 0 Å². The predicted molar refractivity (Wildman–Crippen MR) is 68.2 cm³/mol. The fourth-order valence-corrected chi connectivity index (χ4v) is 2.07. The first-order chi connectivity index (χ1) is 8.22. The lowest BCUT2D eigenvalue weighted by molar-refractivity contribution is 0.260. The van der Waals surface area contributed by atoms with Crippen molar-refractivity contribution in [2.75, 3.05) is 13.1 Å². The van der Waals surface area contributed by atoms with Crippen LogP contribution in [0.3, 0.4) is 0 Å². The molecule has 1 fully saturated rings. The van der Waals surface area contributed by atoms with E-state index in [1.165, 1.54) is 12.8 Å². The van der Waals surface area contributed by atoms with Gasteiger partial charge in [-0.25, -0.2) is 0 Å². The van der Waals surface area contributed by atoms with Crippen molar-refractivity contribution in [3.8, 4) is 12.3 Å². The zero-order valence-electron chi connectivity index (χ0n) is 10.4. The Kier molecular flexibility index (Phi) is 3.88. The number of terminal acetylenes is 1. The van der Waals surface area contributed by atoms with E-state index >= 15 is 0 Å². The van der Waals surface area contributed by atoms with Gasteiger partial charge in [0.05, 0.1) is 13.1 Å². The summed E-state index contributed by atoms with van der Waals surface area (Å²) in [6.45, 7) is 5.06. The molecule has 2 rings (SSSR count). The Morgan fingerprint density at radius 3 is 2.88 bits per heavy atom. The van der Waals surface area contributed by atoms with Crippen molar-refractivity contribution in [1.82, 2.24) is 4.90 Å². The second-order valence-electron chi connectivity index (χ2n) is 4.82. The Morgan fingerprint density at radius 2 is 2.35 bits per heavy atom. The molecule has 0 aliphatic heterocycles. The van der Waals surface area contributed by atoms with Gasteiger partial charge >= 0.3 is 0 Å². The van der Waals surface area contributed by atoms with E-state index < -0.39 is 0 Å². The average molecular weight is 232 g/mol. The molecule has 1 saturated carbocycles. The number of hydrogen-bond donors (Lipinski definition) is 1. The molecule has 1 aromatic rings. The third-order valence-electron chi connectivity index (χ3n) is 3.20. The molecule has 17 heavy (non-hydrogen) atoms. The van der Waals surface area contributed by atoms with E-state index in [9.17, 15) is 0 Å². The molecule has 0 radical (unpaired) electrons. The molecule has 0 unspecified atom stereocenters. The van der Waals surface area contributed by atoms with E-state index in [4.69, 9.17) is 16.6 Å². The van der Waals surface area contributed by atoms with Gasteiger partial charge in [-0.2, -0.15) is 0 Å². The third kappa shape index (κ3) is 3.36. The maximum absolute atomic E-state index is 5.69. The first kappa shape index (κ1) is 12.2. The summed E-state index contributed by atoms with van der Waals surface area (Å²) in [4.78, 5) is 2.27. The zero-order valence-corrected chi connectivity index (χ0v) is 10.4. The van der Waals surface area contributed by atoms with Crippen LogP contribution in [0.15, 0.2) is 10.5 Å². The van der Waals surface area contributed by atoms with Crippen molar-refractivity contribution in [3.63, 3.8) is 0 Å². The monoisotopic (exact) mass is 232 g/mol. The van der Waals surface area contributed by atoms with Crippen LogP contribution >= 0.6 is 0 Å². The highest BCUT2D eigenvalue weighted by molar-refractivity contribution is 5.20. The summed E-state index contributed by atoms with van der Waals surface area (Å²) in [5.41, 5.74) is 6.73. The number of furan rings is 1. The summed E-state index contributed by atoms with van der Waals surface area (Å²) in [6.07, 6.45) is 8.08. The SMILES string of the molecule is C#CCN(Cc1cc(CN)c(C)o1)CC1CC1. The highest BCUT2D eigenvalue weighted by Gasteiger charge is 2.24. The molecule has 1 heterocycles. The minimum atomic E-state index is 0.535. The van der Waals surface area contributed by atoms with Crippen LogP contribution in [-0.2, 0) is 13.1 Å². The second-order valence-corrected chi connectivity index (χ2v) is 4.82. The van der Waals surface area contributed by atoms with E-state index in [1.54, 1.807) is 0 Å². The number of aryl methyl sites for hydroxylation is 1. The Hall–Kier alpha value is -1.24. The van der Waals surface area contributed by atoms with Crippen LogP contribution in [0, 0.1) is 25.2 Å². The molecular formula is C14H20N2O. The zero-order chi connectivity index (χ0) is 12.3. The van der Waals surface area contributed by atoms with Crippen molar-refractivity contribution >= 4 is 0 Å². The Morgan fingerprint density at radius 1 is 1.59 bits per heavy atom. The minimum absolute atomic E-state index is 0.535. The number of hydrogen-bond acceptors (Lipinski definition) is 3. The maximum atomic E-state index is 5.69. The lowest BCUT2D eigenvalue weighted by Crippen LogP contribution is -2.25. The fraction of sp³-hybridized carbons (Fsp3) is 0.571. The van der Waals surface area contributed by atoms with Crippen molar-refractivity contribution in [2.45, 2.75) is 32.9 Å². The maximum Gasteiger partial charge on any atom is 0.118 e. The average Bonchev–Trinajstić information content (AvgIpc) is 3.02. The minimum Gasteiger partial charge on any atom is -0.465 e. The van der Waals surface area contributed by atoms with E-state index in [0.717, 1.165) is 36.1 Å². The topological polar surface area (TPSA) is 42.4 Å². The Balaban J connectivity index is 1.97. The number of rotatable bonds is 6. The van der Waals surface area contributed by atoms with Crippen LogP contribution in [0.2, 0.25) is 0 Å². The van der Waals surface area contributed by atoms with E-state index in [2.05, 4.69) is 10.8 Å². The molecule has 92 valence electrons. The van der Waals surface area contributed by atoms with Crippen molar-refractivity contribution in [1.29, 1.82) is 0 Å². The molecule has 0 amide bonds. The van der Waals surface area contributed by atoms with Gasteiger partial charge < -0.3 is 10.2 Å². The third-order valence-corrected chi connectivity index (χ3v) is 3.20.